The van der Waals surface area contributed by atoms with Crippen molar-refractivity contribution in [3.8, 4) is 0 Å². The molecule has 0 unspecified atom stereocenters. The van der Waals surface area contributed by atoms with Crippen LogP contribution in [0.15, 0.2) is 54.6 Å². The molecule has 2 amide bonds. The van der Waals surface area contributed by atoms with Gasteiger partial charge in [0.15, 0.2) is 0 Å². The van der Waals surface area contributed by atoms with Gasteiger partial charge in [-0.25, -0.2) is 0 Å². The molecule has 0 saturated carbocycles. The van der Waals surface area contributed by atoms with E-state index >= 15 is 0 Å². The fraction of sp³-hybridized carbons (Fsp3) is 0.333. The molecule has 1 fully saturated rings. The zero-order chi connectivity index (χ0) is 18.5. The molecular weight excluding hydrogens is 348 g/mol. The molecule has 0 aromatic heterocycles. The molecule has 0 atom stereocenters. The topological polar surface area (TPSA) is 40.6 Å². The first-order valence-electron chi connectivity index (χ1n) is 8.88. The number of likely N-dealkylation sites (tertiary alicyclic amines) is 1. The third kappa shape index (κ3) is 4.44. The molecule has 1 saturated heterocycles. The number of rotatable bonds is 4. The number of benzene rings is 2. The smallest absolute Gasteiger partial charge is 0.253 e. The van der Waals surface area contributed by atoms with E-state index in [0.717, 1.165) is 5.56 Å². The van der Waals surface area contributed by atoms with Crippen molar-refractivity contribution in [3.05, 3.63) is 70.7 Å². The van der Waals surface area contributed by atoms with Crippen LogP contribution in [0.3, 0.4) is 0 Å². The number of hydrogen-bond donors (Lipinski definition) is 0. The molecule has 2 aromatic carbocycles. The maximum absolute atomic E-state index is 12.7. The zero-order valence-corrected chi connectivity index (χ0v) is 15.7. The normalized spacial score (nSPS) is 14.9. The summed E-state index contributed by atoms with van der Waals surface area (Å²) >= 11 is 5.97. The van der Waals surface area contributed by atoms with Gasteiger partial charge < -0.3 is 9.80 Å². The summed E-state index contributed by atoms with van der Waals surface area (Å²) in [5.41, 5.74) is 1.72. The monoisotopic (exact) mass is 370 g/mol. The first-order chi connectivity index (χ1) is 12.5. The first kappa shape index (κ1) is 18.5. The van der Waals surface area contributed by atoms with Crippen molar-refractivity contribution in [1.82, 2.24) is 9.80 Å². The van der Waals surface area contributed by atoms with Crippen LogP contribution in [0, 0.1) is 5.92 Å². The molecule has 0 radical (unpaired) electrons. The highest BCUT2D eigenvalue weighted by atomic mass is 35.5. The summed E-state index contributed by atoms with van der Waals surface area (Å²) in [5, 5.41) is 0.559. The van der Waals surface area contributed by atoms with E-state index in [1.54, 1.807) is 29.2 Å². The summed E-state index contributed by atoms with van der Waals surface area (Å²) in [6.45, 7) is 1.81. The molecule has 0 spiro atoms. The van der Waals surface area contributed by atoms with Crippen molar-refractivity contribution >= 4 is 23.4 Å². The highest BCUT2D eigenvalue weighted by Gasteiger charge is 2.29. The van der Waals surface area contributed by atoms with Crippen LogP contribution < -0.4 is 0 Å². The Morgan fingerprint density at radius 3 is 2.42 bits per heavy atom. The van der Waals surface area contributed by atoms with Crippen LogP contribution >= 0.6 is 11.6 Å². The van der Waals surface area contributed by atoms with E-state index < -0.39 is 0 Å². The second-order valence-corrected chi connectivity index (χ2v) is 7.19. The summed E-state index contributed by atoms with van der Waals surface area (Å²) in [6, 6.07) is 17.0. The minimum absolute atomic E-state index is 0.0176. The number of piperidine rings is 1. The van der Waals surface area contributed by atoms with Gasteiger partial charge >= 0.3 is 0 Å². The molecule has 0 aliphatic carbocycles. The van der Waals surface area contributed by atoms with Crippen molar-refractivity contribution in [2.75, 3.05) is 20.1 Å². The Labute approximate surface area is 159 Å². The lowest BCUT2D eigenvalue weighted by Gasteiger charge is -2.33. The maximum atomic E-state index is 12.7. The van der Waals surface area contributed by atoms with Crippen LogP contribution in [0.2, 0.25) is 5.02 Å². The zero-order valence-electron chi connectivity index (χ0n) is 14.9. The van der Waals surface area contributed by atoms with Gasteiger partial charge in [-0.05, 0) is 36.6 Å². The van der Waals surface area contributed by atoms with Crippen LogP contribution in [-0.4, -0.2) is 41.8 Å². The van der Waals surface area contributed by atoms with Gasteiger partial charge in [-0.15, -0.1) is 0 Å². The standard InChI is InChI=1S/C21H23ClN2O2/c1-23(15-16-6-3-2-4-7-16)20(25)17-10-12-24(13-11-17)21(26)18-8-5-9-19(22)14-18/h2-9,14,17H,10-13,15H2,1H3. The van der Waals surface area contributed by atoms with Gasteiger partial charge in [-0.2, -0.15) is 0 Å². The Morgan fingerprint density at radius 1 is 1.08 bits per heavy atom. The van der Waals surface area contributed by atoms with Gasteiger partial charge in [0.1, 0.15) is 0 Å². The van der Waals surface area contributed by atoms with E-state index in [1.807, 2.05) is 42.3 Å². The minimum atomic E-state index is -0.0212. The molecule has 26 heavy (non-hydrogen) atoms. The van der Waals surface area contributed by atoms with E-state index in [-0.39, 0.29) is 17.7 Å². The number of carbonyl (C=O) groups excluding carboxylic acids is 2. The Hall–Kier alpha value is -2.33. The van der Waals surface area contributed by atoms with Crippen molar-refractivity contribution in [3.63, 3.8) is 0 Å². The average molecular weight is 371 g/mol. The molecule has 136 valence electrons. The third-order valence-electron chi connectivity index (χ3n) is 4.84. The van der Waals surface area contributed by atoms with Crippen LogP contribution in [-0.2, 0) is 11.3 Å². The Kier molecular flexibility index (Phi) is 5.94. The molecule has 5 heteroatoms. The summed E-state index contributed by atoms with van der Waals surface area (Å²) < 4.78 is 0. The lowest BCUT2D eigenvalue weighted by atomic mass is 9.94. The van der Waals surface area contributed by atoms with Crippen molar-refractivity contribution in [2.24, 2.45) is 5.92 Å². The molecule has 0 N–H and O–H groups in total. The number of amides is 2. The van der Waals surface area contributed by atoms with E-state index in [2.05, 4.69) is 0 Å². The van der Waals surface area contributed by atoms with Crippen molar-refractivity contribution in [1.29, 1.82) is 0 Å². The van der Waals surface area contributed by atoms with Gasteiger partial charge in [0.05, 0.1) is 0 Å². The summed E-state index contributed by atoms with van der Waals surface area (Å²) in [7, 11) is 1.85. The molecule has 1 aliphatic rings. The van der Waals surface area contributed by atoms with Gasteiger partial charge in [0.2, 0.25) is 5.91 Å². The minimum Gasteiger partial charge on any atom is -0.341 e. The predicted octanol–water partition coefficient (Wildman–Crippen LogP) is 3.85. The van der Waals surface area contributed by atoms with E-state index in [4.69, 9.17) is 11.6 Å². The van der Waals surface area contributed by atoms with Gasteiger partial charge in [-0.1, -0.05) is 48.0 Å². The number of nitrogens with zero attached hydrogens (tertiary/aromatic N) is 2. The number of hydrogen-bond acceptors (Lipinski definition) is 2. The van der Waals surface area contributed by atoms with Crippen LogP contribution in [0.4, 0.5) is 0 Å². The maximum Gasteiger partial charge on any atom is 0.253 e. The fourth-order valence-corrected chi connectivity index (χ4v) is 3.57. The predicted molar refractivity (Wildman–Crippen MR) is 103 cm³/mol. The SMILES string of the molecule is CN(Cc1ccccc1)C(=O)C1CCN(C(=O)c2cccc(Cl)c2)CC1. The second kappa shape index (κ2) is 8.37. The van der Waals surface area contributed by atoms with Crippen molar-refractivity contribution < 1.29 is 9.59 Å². The number of carbonyl (C=O) groups is 2. The van der Waals surface area contributed by atoms with Gasteiger partial charge in [0.25, 0.3) is 5.91 Å². The Bertz CT molecular complexity index is 771. The quantitative estimate of drug-likeness (QED) is 0.820. The molecule has 1 aliphatic heterocycles. The molecule has 3 rings (SSSR count). The summed E-state index contributed by atoms with van der Waals surface area (Å²) in [5.74, 6) is 0.117. The highest BCUT2D eigenvalue weighted by Crippen LogP contribution is 2.22. The average Bonchev–Trinajstić information content (AvgIpc) is 2.67. The Balaban J connectivity index is 1.54. The van der Waals surface area contributed by atoms with E-state index in [0.29, 0.717) is 43.1 Å². The Morgan fingerprint density at radius 2 is 1.77 bits per heavy atom. The van der Waals surface area contributed by atoms with E-state index in [1.165, 1.54) is 0 Å². The molecule has 2 aromatic rings. The van der Waals surface area contributed by atoms with Gasteiger partial charge in [-0.3, -0.25) is 9.59 Å². The first-order valence-corrected chi connectivity index (χ1v) is 9.26. The third-order valence-corrected chi connectivity index (χ3v) is 5.08. The molecule has 1 heterocycles. The van der Waals surface area contributed by atoms with E-state index in [9.17, 15) is 9.59 Å². The molecule has 4 nitrogen and oxygen atoms in total. The molecular formula is C21H23ClN2O2. The van der Waals surface area contributed by atoms with Crippen LogP contribution in [0.25, 0.3) is 0 Å². The number of halogens is 1. The second-order valence-electron chi connectivity index (χ2n) is 6.76. The summed E-state index contributed by atoms with van der Waals surface area (Å²) in [6.07, 6.45) is 1.40. The van der Waals surface area contributed by atoms with Crippen LogP contribution in [0.5, 0.6) is 0 Å². The van der Waals surface area contributed by atoms with Crippen molar-refractivity contribution in [2.45, 2.75) is 19.4 Å². The lowest BCUT2D eigenvalue weighted by molar-refractivity contribution is -0.136. The summed E-state index contributed by atoms with van der Waals surface area (Å²) in [4.78, 5) is 28.9. The van der Waals surface area contributed by atoms with Crippen LogP contribution in [0.1, 0.15) is 28.8 Å². The fourth-order valence-electron chi connectivity index (χ4n) is 3.38. The lowest BCUT2D eigenvalue weighted by Crippen LogP contribution is -2.43. The van der Waals surface area contributed by atoms with Gasteiger partial charge in [0, 0.05) is 43.2 Å². The molecule has 0 bridgehead atoms. The highest BCUT2D eigenvalue weighted by molar-refractivity contribution is 6.30. The largest absolute Gasteiger partial charge is 0.341 e.